The molecule has 2 unspecified atom stereocenters. The first kappa shape index (κ1) is 12.1. The van der Waals surface area contributed by atoms with Crippen LogP contribution >= 0.6 is 0 Å². The second-order valence-corrected chi connectivity index (χ2v) is 4.60. The second kappa shape index (κ2) is 5.34. The van der Waals surface area contributed by atoms with Crippen LogP contribution in [0.2, 0.25) is 0 Å². The van der Waals surface area contributed by atoms with E-state index in [0.717, 1.165) is 23.3 Å². The van der Waals surface area contributed by atoms with Crippen molar-refractivity contribution in [3.63, 3.8) is 0 Å². The van der Waals surface area contributed by atoms with Gasteiger partial charge in [0.15, 0.2) is 0 Å². The molecule has 3 heteroatoms. The molecule has 2 N–H and O–H groups in total. The molecule has 3 nitrogen and oxygen atoms in total. The number of furan rings is 1. The molecule has 1 aromatic heterocycles. The van der Waals surface area contributed by atoms with Crippen molar-refractivity contribution in [2.24, 2.45) is 5.92 Å². The van der Waals surface area contributed by atoms with Crippen LogP contribution in [-0.4, -0.2) is 18.3 Å². The van der Waals surface area contributed by atoms with Crippen LogP contribution in [0, 0.1) is 5.92 Å². The first-order valence-electron chi connectivity index (χ1n) is 6.03. The summed E-state index contributed by atoms with van der Waals surface area (Å²) in [5.74, 6) is 1.21. The predicted octanol–water partition coefficient (Wildman–Crippen LogP) is 2.71. The van der Waals surface area contributed by atoms with Gasteiger partial charge in [-0.2, -0.15) is 0 Å². The van der Waals surface area contributed by atoms with Crippen LogP contribution in [0.25, 0.3) is 11.0 Å². The molecule has 0 radical (unpaired) electrons. The fourth-order valence-corrected chi connectivity index (χ4v) is 1.76. The molecule has 2 rings (SSSR count). The van der Waals surface area contributed by atoms with Crippen molar-refractivity contribution >= 4 is 11.0 Å². The van der Waals surface area contributed by atoms with Gasteiger partial charge in [-0.3, -0.25) is 0 Å². The maximum absolute atomic E-state index is 8.97. The van der Waals surface area contributed by atoms with Gasteiger partial charge in [0.2, 0.25) is 0 Å². The predicted molar refractivity (Wildman–Crippen MR) is 68.9 cm³/mol. The molecule has 2 aromatic rings. The van der Waals surface area contributed by atoms with Crippen molar-refractivity contribution in [2.75, 3.05) is 13.2 Å². The molecule has 92 valence electrons. The first-order valence-corrected chi connectivity index (χ1v) is 6.03. The number of hydrogen-bond acceptors (Lipinski definition) is 3. The standard InChI is InChI=1S/C14H19NO2/c1-10(9-16)8-15-11(2)14-7-12-5-3-4-6-13(12)17-14/h3-7,10-11,15-16H,8-9H2,1-2H3. The summed E-state index contributed by atoms with van der Waals surface area (Å²) in [7, 11) is 0. The number of para-hydroxylation sites is 1. The van der Waals surface area contributed by atoms with Crippen LogP contribution in [0.4, 0.5) is 0 Å². The summed E-state index contributed by atoms with van der Waals surface area (Å²) in [6, 6.07) is 10.2. The van der Waals surface area contributed by atoms with E-state index in [1.54, 1.807) is 0 Å². The maximum atomic E-state index is 8.97. The maximum Gasteiger partial charge on any atom is 0.134 e. The highest BCUT2D eigenvalue weighted by molar-refractivity contribution is 5.77. The Morgan fingerprint density at radius 3 is 2.76 bits per heavy atom. The Kier molecular flexibility index (Phi) is 3.82. The Labute approximate surface area is 101 Å². The highest BCUT2D eigenvalue weighted by Crippen LogP contribution is 2.23. The van der Waals surface area contributed by atoms with Gasteiger partial charge < -0.3 is 14.8 Å². The van der Waals surface area contributed by atoms with E-state index in [2.05, 4.69) is 18.3 Å². The third-order valence-corrected chi connectivity index (χ3v) is 2.96. The number of nitrogens with one attached hydrogen (secondary N) is 1. The van der Waals surface area contributed by atoms with Gasteiger partial charge in [0, 0.05) is 18.5 Å². The van der Waals surface area contributed by atoms with Crippen LogP contribution in [0.15, 0.2) is 34.7 Å². The molecule has 0 saturated heterocycles. The van der Waals surface area contributed by atoms with Crippen molar-refractivity contribution < 1.29 is 9.52 Å². The van der Waals surface area contributed by atoms with Crippen LogP contribution < -0.4 is 5.32 Å². The summed E-state index contributed by atoms with van der Waals surface area (Å²) >= 11 is 0. The van der Waals surface area contributed by atoms with Gasteiger partial charge in [0.25, 0.3) is 0 Å². The van der Waals surface area contributed by atoms with E-state index < -0.39 is 0 Å². The molecule has 17 heavy (non-hydrogen) atoms. The minimum Gasteiger partial charge on any atom is -0.459 e. The molecule has 0 amide bonds. The first-order chi connectivity index (χ1) is 8.20. The molecular weight excluding hydrogens is 214 g/mol. The number of hydrogen-bond donors (Lipinski definition) is 2. The lowest BCUT2D eigenvalue weighted by atomic mass is 10.1. The SMILES string of the molecule is CC(CO)CNC(C)c1cc2ccccc2o1. The van der Waals surface area contributed by atoms with Gasteiger partial charge in [-0.05, 0) is 25.0 Å². The Balaban J connectivity index is 2.06. The monoisotopic (exact) mass is 233 g/mol. The Bertz CT molecular complexity index is 445. The van der Waals surface area contributed by atoms with Crippen LogP contribution in [0.3, 0.4) is 0 Å². The molecule has 0 aliphatic carbocycles. The second-order valence-electron chi connectivity index (χ2n) is 4.60. The van der Waals surface area contributed by atoms with Gasteiger partial charge in [0.1, 0.15) is 11.3 Å². The molecule has 0 aliphatic rings. The molecule has 1 aromatic carbocycles. The average molecular weight is 233 g/mol. The summed E-state index contributed by atoms with van der Waals surface area (Å²) in [6.45, 7) is 5.08. The van der Waals surface area contributed by atoms with Crippen molar-refractivity contribution in [3.05, 3.63) is 36.1 Å². The van der Waals surface area contributed by atoms with Gasteiger partial charge in [-0.15, -0.1) is 0 Å². The lowest BCUT2D eigenvalue weighted by molar-refractivity contribution is 0.229. The Hall–Kier alpha value is -1.32. The lowest BCUT2D eigenvalue weighted by Gasteiger charge is -2.14. The molecule has 0 spiro atoms. The fourth-order valence-electron chi connectivity index (χ4n) is 1.76. The smallest absolute Gasteiger partial charge is 0.134 e. The summed E-state index contributed by atoms with van der Waals surface area (Å²) < 4.78 is 5.77. The summed E-state index contributed by atoms with van der Waals surface area (Å²) in [5.41, 5.74) is 0.923. The van der Waals surface area contributed by atoms with E-state index in [-0.39, 0.29) is 18.6 Å². The van der Waals surface area contributed by atoms with Gasteiger partial charge in [-0.25, -0.2) is 0 Å². The topological polar surface area (TPSA) is 45.4 Å². The number of benzene rings is 1. The van der Waals surface area contributed by atoms with Gasteiger partial charge in [0.05, 0.1) is 6.04 Å². The molecule has 1 heterocycles. The number of aliphatic hydroxyl groups excluding tert-OH is 1. The third kappa shape index (κ3) is 2.87. The van der Waals surface area contributed by atoms with Crippen LogP contribution in [0.5, 0.6) is 0 Å². The summed E-state index contributed by atoms with van der Waals surface area (Å²) in [4.78, 5) is 0. The minimum absolute atomic E-state index is 0.163. The number of aliphatic hydroxyl groups is 1. The van der Waals surface area contributed by atoms with E-state index in [0.29, 0.717) is 0 Å². The molecule has 2 atom stereocenters. The van der Waals surface area contributed by atoms with Crippen LogP contribution in [0.1, 0.15) is 25.6 Å². The molecular formula is C14H19NO2. The Morgan fingerprint density at radius 2 is 2.06 bits per heavy atom. The summed E-state index contributed by atoms with van der Waals surface area (Å²) in [6.07, 6.45) is 0. The zero-order chi connectivity index (χ0) is 12.3. The quantitative estimate of drug-likeness (QED) is 0.834. The zero-order valence-corrected chi connectivity index (χ0v) is 10.3. The number of rotatable bonds is 5. The highest BCUT2D eigenvalue weighted by atomic mass is 16.3. The van der Waals surface area contributed by atoms with E-state index in [9.17, 15) is 0 Å². The minimum atomic E-state index is 0.163. The Morgan fingerprint density at radius 1 is 1.29 bits per heavy atom. The van der Waals surface area contributed by atoms with Gasteiger partial charge >= 0.3 is 0 Å². The summed E-state index contributed by atoms with van der Waals surface area (Å²) in [5, 5.41) is 13.5. The van der Waals surface area contributed by atoms with E-state index in [1.807, 2.05) is 31.2 Å². The largest absolute Gasteiger partial charge is 0.459 e. The molecule has 0 saturated carbocycles. The molecule has 0 fully saturated rings. The van der Waals surface area contributed by atoms with E-state index in [4.69, 9.17) is 9.52 Å². The lowest BCUT2D eigenvalue weighted by Crippen LogP contribution is -2.25. The third-order valence-electron chi connectivity index (χ3n) is 2.96. The van der Waals surface area contributed by atoms with Gasteiger partial charge in [-0.1, -0.05) is 25.1 Å². The van der Waals surface area contributed by atoms with Crippen LogP contribution in [-0.2, 0) is 0 Å². The average Bonchev–Trinajstić information content (AvgIpc) is 2.79. The van der Waals surface area contributed by atoms with E-state index >= 15 is 0 Å². The molecule has 0 bridgehead atoms. The van der Waals surface area contributed by atoms with Crippen molar-refractivity contribution in [1.82, 2.24) is 5.32 Å². The fraction of sp³-hybridized carbons (Fsp3) is 0.429. The molecule has 0 aliphatic heterocycles. The highest BCUT2D eigenvalue weighted by Gasteiger charge is 2.11. The zero-order valence-electron chi connectivity index (χ0n) is 10.3. The van der Waals surface area contributed by atoms with Crippen molar-refractivity contribution in [2.45, 2.75) is 19.9 Å². The van der Waals surface area contributed by atoms with Crippen molar-refractivity contribution in [1.29, 1.82) is 0 Å². The number of fused-ring (bicyclic) bond motifs is 1. The van der Waals surface area contributed by atoms with Crippen molar-refractivity contribution in [3.8, 4) is 0 Å². The van der Waals surface area contributed by atoms with E-state index in [1.165, 1.54) is 0 Å². The normalized spacial score (nSPS) is 15.0.